The molecule has 0 atom stereocenters. The quantitative estimate of drug-likeness (QED) is 0.854. The van der Waals surface area contributed by atoms with E-state index in [0.29, 0.717) is 19.1 Å². The summed E-state index contributed by atoms with van der Waals surface area (Å²) in [5.41, 5.74) is 2.45. The highest BCUT2D eigenvalue weighted by Crippen LogP contribution is 2.10. The smallest absolute Gasteiger partial charge is 0.236 e. The van der Waals surface area contributed by atoms with Gasteiger partial charge < -0.3 is 10.2 Å². The molecule has 19 heavy (non-hydrogen) atoms. The van der Waals surface area contributed by atoms with Gasteiger partial charge in [0.25, 0.3) is 0 Å². The SMILES string of the molecule is Cc1ccccc1CN(C)C(=O)CN(C)C1CNC1. The van der Waals surface area contributed by atoms with Crippen molar-refractivity contribution in [3.05, 3.63) is 35.4 Å². The van der Waals surface area contributed by atoms with Gasteiger partial charge in [-0.3, -0.25) is 9.69 Å². The van der Waals surface area contributed by atoms with Crippen molar-refractivity contribution in [1.82, 2.24) is 15.1 Å². The van der Waals surface area contributed by atoms with Crippen LogP contribution in [0.3, 0.4) is 0 Å². The largest absolute Gasteiger partial charge is 0.340 e. The van der Waals surface area contributed by atoms with E-state index in [9.17, 15) is 4.79 Å². The Morgan fingerprint density at radius 2 is 2.00 bits per heavy atom. The number of benzene rings is 1. The average Bonchev–Trinajstić information content (AvgIpc) is 2.29. The fourth-order valence-electron chi connectivity index (χ4n) is 2.18. The maximum Gasteiger partial charge on any atom is 0.236 e. The Balaban J connectivity index is 1.86. The third kappa shape index (κ3) is 3.55. The number of likely N-dealkylation sites (N-methyl/N-ethyl adjacent to an activating group) is 2. The van der Waals surface area contributed by atoms with Gasteiger partial charge in [-0.25, -0.2) is 0 Å². The first kappa shape index (κ1) is 14.0. The summed E-state index contributed by atoms with van der Waals surface area (Å²) in [7, 11) is 3.90. The van der Waals surface area contributed by atoms with E-state index in [2.05, 4.69) is 29.3 Å². The van der Waals surface area contributed by atoms with Crippen LogP contribution in [0, 0.1) is 6.92 Å². The topological polar surface area (TPSA) is 35.6 Å². The van der Waals surface area contributed by atoms with Gasteiger partial charge in [0, 0.05) is 32.7 Å². The predicted octanol–water partition coefficient (Wildman–Crippen LogP) is 0.857. The van der Waals surface area contributed by atoms with Crippen LogP contribution in [-0.2, 0) is 11.3 Å². The lowest BCUT2D eigenvalue weighted by Crippen LogP contribution is -2.57. The molecule has 1 aromatic carbocycles. The van der Waals surface area contributed by atoms with Gasteiger partial charge in [-0.1, -0.05) is 24.3 Å². The van der Waals surface area contributed by atoms with Crippen LogP contribution in [0.25, 0.3) is 0 Å². The Labute approximate surface area is 115 Å². The minimum Gasteiger partial charge on any atom is -0.340 e. The molecule has 1 amide bonds. The van der Waals surface area contributed by atoms with E-state index in [4.69, 9.17) is 0 Å². The molecule has 1 heterocycles. The van der Waals surface area contributed by atoms with Crippen molar-refractivity contribution in [2.75, 3.05) is 33.7 Å². The lowest BCUT2D eigenvalue weighted by molar-refractivity contribution is -0.132. The van der Waals surface area contributed by atoms with Gasteiger partial charge in [0.05, 0.1) is 6.54 Å². The number of hydrogen-bond donors (Lipinski definition) is 1. The van der Waals surface area contributed by atoms with Crippen LogP contribution in [0.1, 0.15) is 11.1 Å². The Hall–Kier alpha value is -1.39. The van der Waals surface area contributed by atoms with Gasteiger partial charge in [0.15, 0.2) is 0 Å². The van der Waals surface area contributed by atoms with Crippen molar-refractivity contribution < 1.29 is 4.79 Å². The maximum absolute atomic E-state index is 12.2. The fraction of sp³-hybridized carbons (Fsp3) is 0.533. The van der Waals surface area contributed by atoms with Crippen LogP contribution >= 0.6 is 0 Å². The molecule has 0 aromatic heterocycles. The van der Waals surface area contributed by atoms with E-state index < -0.39 is 0 Å². The minimum atomic E-state index is 0.178. The fourth-order valence-corrected chi connectivity index (χ4v) is 2.18. The molecule has 1 aliphatic rings. The second-order valence-corrected chi connectivity index (χ2v) is 5.40. The molecule has 1 fully saturated rings. The molecule has 0 saturated carbocycles. The first-order chi connectivity index (χ1) is 9.08. The lowest BCUT2D eigenvalue weighted by atomic mass is 10.1. The molecule has 0 unspecified atom stereocenters. The van der Waals surface area contributed by atoms with Crippen molar-refractivity contribution in [2.24, 2.45) is 0 Å². The van der Waals surface area contributed by atoms with Gasteiger partial charge in [-0.05, 0) is 25.1 Å². The second-order valence-electron chi connectivity index (χ2n) is 5.40. The molecule has 0 spiro atoms. The minimum absolute atomic E-state index is 0.178. The van der Waals surface area contributed by atoms with Gasteiger partial charge in [-0.15, -0.1) is 0 Å². The Bertz CT molecular complexity index is 443. The van der Waals surface area contributed by atoms with E-state index in [1.54, 1.807) is 0 Å². The van der Waals surface area contributed by atoms with Crippen molar-refractivity contribution >= 4 is 5.91 Å². The molecule has 0 radical (unpaired) electrons. The Morgan fingerprint density at radius 3 is 2.58 bits per heavy atom. The zero-order chi connectivity index (χ0) is 13.8. The number of carbonyl (C=O) groups is 1. The number of nitrogens with one attached hydrogen (secondary N) is 1. The third-order valence-electron chi connectivity index (χ3n) is 3.86. The normalized spacial score (nSPS) is 15.4. The molecule has 1 N–H and O–H groups in total. The van der Waals surface area contributed by atoms with Crippen molar-refractivity contribution in [3.8, 4) is 0 Å². The summed E-state index contributed by atoms with van der Waals surface area (Å²) in [6.45, 7) is 5.24. The molecule has 0 bridgehead atoms. The van der Waals surface area contributed by atoms with E-state index in [0.717, 1.165) is 13.1 Å². The molecule has 1 aliphatic heterocycles. The first-order valence-electron chi connectivity index (χ1n) is 6.77. The van der Waals surface area contributed by atoms with Crippen molar-refractivity contribution in [1.29, 1.82) is 0 Å². The monoisotopic (exact) mass is 261 g/mol. The summed E-state index contributed by atoms with van der Waals surface area (Å²) < 4.78 is 0. The van der Waals surface area contributed by atoms with Crippen LogP contribution in [-0.4, -0.2) is 55.5 Å². The molecule has 104 valence electrons. The molecule has 1 saturated heterocycles. The van der Waals surface area contributed by atoms with Crippen LogP contribution in [0.4, 0.5) is 0 Å². The Morgan fingerprint density at radius 1 is 1.32 bits per heavy atom. The average molecular weight is 261 g/mol. The standard InChI is InChI=1S/C15H23N3O/c1-12-6-4-5-7-13(12)10-18(3)15(19)11-17(2)14-8-16-9-14/h4-7,14,16H,8-11H2,1-3H3. The summed E-state index contributed by atoms with van der Waals surface area (Å²) in [5.74, 6) is 0.178. The van der Waals surface area contributed by atoms with Crippen LogP contribution in [0.5, 0.6) is 0 Å². The molecule has 2 rings (SSSR count). The number of carbonyl (C=O) groups excluding carboxylic acids is 1. The van der Waals surface area contributed by atoms with Gasteiger partial charge in [-0.2, -0.15) is 0 Å². The van der Waals surface area contributed by atoms with Crippen LogP contribution in [0.15, 0.2) is 24.3 Å². The highest BCUT2D eigenvalue weighted by Gasteiger charge is 2.24. The lowest BCUT2D eigenvalue weighted by Gasteiger charge is -2.35. The zero-order valence-electron chi connectivity index (χ0n) is 12.0. The molecular formula is C15H23N3O. The summed E-state index contributed by atoms with van der Waals surface area (Å²) in [5, 5.41) is 3.23. The molecule has 0 aliphatic carbocycles. The van der Waals surface area contributed by atoms with Gasteiger partial charge >= 0.3 is 0 Å². The Kier molecular flexibility index (Phi) is 4.56. The van der Waals surface area contributed by atoms with Crippen molar-refractivity contribution in [2.45, 2.75) is 19.5 Å². The third-order valence-corrected chi connectivity index (χ3v) is 3.86. The molecular weight excluding hydrogens is 238 g/mol. The number of hydrogen-bond acceptors (Lipinski definition) is 3. The maximum atomic E-state index is 12.2. The highest BCUT2D eigenvalue weighted by molar-refractivity contribution is 5.78. The number of rotatable bonds is 5. The summed E-state index contributed by atoms with van der Waals surface area (Å²) in [4.78, 5) is 16.1. The predicted molar refractivity (Wildman–Crippen MR) is 76.9 cm³/mol. The molecule has 4 heteroatoms. The number of amides is 1. The van der Waals surface area contributed by atoms with Gasteiger partial charge in [0.1, 0.15) is 0 Å². The van der Waals surface area contributed by atoms with Gasteiger partial charge in [0.2, 0.25) is 5.91 Å². The molecule has 4 nitrogen and oxygen atoms in total. The second kappa shape index (κ2) is 6.17. The summed E-state index contributed by atoms with van der Waals surface area (Å²) in [6, 6.07) is 8.72. The zero-order valence-corrected chi connectivity index (χ0v) is 12.0. The van der Waals surface area contributed by atoms with E-state index >= 15 is 0 Å². The van der Waals surface area contributed by atoms with E-state index in [-0.39, 0.29) is 5.91 Å². The first-order valence-corrected chi connectivity index (χ1v) is 6.77. The highest BCUT2D eigenvalue weighted by atomic mass is 16.2. The van der Waals surface area contributed by atoms with Crippen molar-refractivity contribution in [3.63, 3.8) is 0 Å². The summed E-state index contributed by atoms with van der Waals surface area (Å²) >= 11 is 0. The van der Waals surface area contributed by atoms with E-state index in [1.165, 1.54) is 11.1 Å². The number of nitrogens with zero attached hydrogens (tertiary/aromatic N) is 2. The molecule has 1 aromatic rings. The van der Waals surface area contributed by atoms with Crippen LogP contribution in [0.2, 0.25) is 0 Å². The van der Waals surface area contributed by atoms with E-state index in [1.807, 2.05) is 31.1 Å². The number of aryl methyl sites for hydroxylation is 1. The summed E-state index contributed by atoms with van der Waals surface area (Å²) in [6.07, 6.45) is 0. The van der Waals surface area contributed by atoms with Crippen LogP contribution < -0.4 is 5.32 Å².